The van der Waals surface area contributed by atoms with Crippen molar-refractivity contribution in [2.45, 2.75) is 13.3 Å². The van der Waals surface area contributed by atoms with E-state index in [1.165, 1.54) is 17.4 Å². The Balaban J connectivity index is 1.99. The second-order valence-corrected chi connectivity index (χ2v) is 5.26. The van der Waals surface area contributed by atoms with Gasteiger partial charge >= 0.3 is 5.97 Å². The van der Waals surface area contributed by atoms with Gasteiger partial charge in [-0.15, -0.1) is 0 Å². The molecule has 1 N–H and O–H groups in total. The number of hydrogen-bond acceptors (Lipinski definition) is 3. The maximum atomic E-state index is 10.9. The van der Waals surface area contributed by atoms with E-state index in [4.69, 9.17) is 5.11 Å². The van der Waals surface area contributed by atoms with E-state index < -0.39 is 5.97 Å². The standard InChI is InChI=1S/C16H16N2O2/c1-11-8-12-4-2-3-5-14(12)18(10-11)15-7-6-13(9-17-15)16(19)20/h2-7,9,11H,8,10H2,1H3,(H,19,20). The number of benzene rings is 1. The third kappa shape index (κ3) is 2.25. The van der Waals surface area contributed by atoms with Crippen LogP contribution in [0, 0.1) is 5.92 Å². The lowest BCUT2D eigenvalue weighted by atomic mass is 9.94. The van der Waals surface area contributed by atoms with E-state index in [2.05, 4.69) is 35.0 Å². The number of para-hydroxylation sites is 1. The van der Waals surface area contributed by atoms with Crippen molar-refractivity contribution in [3.63, 3.8) is 0 Å². The lowest BCUT2D eigenvalue weighted by molar-refractivity contribution is 0.0696. The Morgan fingerprint density at radius 3 is 2.80 bits per heavy atom. The normalized spacial score (nSPS) is 17.6. The maximum absolute atomic E-state index is 10.9. The number of aromatic nitrogens is 1. The van der Waals surface area contributed by atoms with Gasteiger partial charge in [0.1, 0.15) is 5.82 Å². The van der Waals surface area contributed by atoms with Crippen LogP contribution in [0.3, 0.4) is 0 Å². The second kappa shape index (κ2) is 4.96. The summed E-state index contributed by atoms with van der Waals surface area (Å²) in [5.41, 5.74) is 2.70. The third-order valence-electron chi connectivity index (χ3n) is 3.62. The van der Waals surface area contributed by atoms with Crippen molar-refractivity contribution in [3.05, 3.63) is 53.7 Å². The Morgan fingerprint density at radius 2 is 2.10 bits per heavy atom. The minimum atomic E-state index is -0.948. The van der Waals surface area contributed by atoms with E-state index in [0.717, 1.165) is 18.8 Å². The number of aromatic carboxylic acids is 1. The molecule has 0 saturated carbocycles. The zero-order chi connectivity index (χ0) is 14.1. The molecule has 0 amide bonds. The van der Waals surface area contributed by atoms with E-state index in [9.17, 15) is 4.79 Å². The van der Waals surface area contributed by atoms with Gasteiger partial charge in [0, 0.05) is 18.4 Å². The van der Waals surface area contributed by atoms with Crippen LogP contribution in [0.15, 0.2) is 42.6 Å². The number of pyridine rings is 1. The first kappa shape index (κ1) is 12.7. The van der Waals surface area contributed by atoms with Gasteiger partial charge in [-0.2, -0.15) is 0 Å². The highest BCUT2D eigenvalue weighted by Crippen LogP contribution is 2.34. The van der Waals surface area contributed by atoms with E-state index >= 15 is 0 Å². The zero-order valence-electron chi connectivity index (χ0n) is 11.3. The fourth-order valence-electron chi connectivity index (χ4n) is 2.69. The Kier molecular flexibility index (Phi) is 3.14. The van der Waals surface area contributed by atoms with Crippen LogP contribution < -0.4 is 4.90 Å². The van der Waals surface area contributed by atoms with Crippen molar-refractivity contribution >= 4 is 17.5 Å². The van der Waals surface area contributed by atoms with Gasteiger partial charge in [0.15, 0.2) is 0 Å². The first-order chi connectivity index (χ1) is 9.65. The molecule has 3 rings (SSSR count). The number of fused-ring (bicyclic) bond motifs is 1. The molecule has 20 heavy (non-hydrogen) atoms. The van der Waals surface area contributed by atoms with Gasteiger partial charge in [0.05, 0.1) is 5.56 Å². The minimum absolute atomic E-state index is 0.215. The number of carboxylic acid groups (broad SMARTS) is 1. The van der Waals surface area contributed by atoms with Crippen LogP contribution in [0.4, 0.5) is 11.5 Å². The molecule has 1 aliphatic rings. The number of rotatable bonds is 2. The molecule has 1 aromatic heterocycles. The van der Waals surface area contributed by atoms with Crippen LogP contribution in [-0.2, 0) is 6.42 Å². The van der Waals surface area contributed by atoms with E-state index in [1.54, 1.807) is 12.1 Å². The lowest BCUT2D eigenvalue weighted by Gasteiger charge is -2.34. The summed E-state index contributed by atoms with van der Waals surface area (Å²) < 4.78 is 0. The van der Waals surface area contributed by atoms with Crippen LogP contribution in [-0.4, -0.2) is 22.6 Å². The molecule has 2 heterocycles. The fourth-order valence-corrected chi connectivity index (χ4v) is 2.69. The second-order valence-electron chi connectivity index (χ2n) is 5.26. The van der Waals surface area contributed by atoms with Crippen molar-refractivity contribution < 1.29 is 9.90 Å². The monoisotopic (exact) mass is 268 g/mol. The average Bonchev–Trinajstić information content (AvgIpc) is 2.46. The molecule has 1 atom stereocenters. The SMILES string of the molecule is CC1Cc2ccccc2N(c2ccc(C(=O)O)cn2)C1. The van der Waals surface area contributed by atoms with Crippen LogP contribution in [0.2, 0.25) is 0 Å². The quantitative estimate of drug-likeness (QED) is 0.909. The molecule has 0 radical (unpaired) electrons. The summed E-state index contributed by atoms with van der Waals surface area (Å²) in [6, 6.07) is 11.7. The highest BCUT2D eigenvalue weighted by molar-refractivity contribution is 5.87. The van der Waals surface area contributed by atoms with Crippen molar-refractivity contribution in [2.75, 3.05) is 11.4 Å². The summed E-state index contributed by atoms with van der Waals surface area (Å²) in [6.45, 7) is 3.12. The number of carboxylic acids is 1. The number of hydrogen-bond donors (Lipinski definition) is 1. The van der Waals surface area contributed by atoms with Crippen LogP contribution in [0.25, 0.3) is 0 Å². The molecule has 0 aliphatic carbocycles. The summed E-state index contributed by atoms with van der Waals surface area (Å²) >= 11 is 0. The van der Waals surface area contributed by atoms with Crippen LogP contribution >= 0.6 is 0 Å². The molecular weight excluding hydrogens is 252 g/mol. The van der Waals surface area contributed by atoms with Gasteiger partial charge < -0.3 is 10.0 Å². The smallest absolute Gasteiger partial charge is 0.337 e. The van der Waals surface area contributed by atoms with Gasteiger partial charge in [0.25, 0.3) is 0 Å². The van der Waals surface area contributed by atoms with E-state index in [-0.39, 0.29) is 5.56 Å². The first-order valence-electron chi connectivity index (χ1n) is 6.70. The van der Waals surface area contributed by atoms with E-state index in [1.807, 2.05) is 6.07 Å². The van der Waals surface area contributed by atoms with Gasteiger partial charge in [-0.1, -0.05) is 25.1 Å². The van der Waals surface area contributed by atoms with Crippen molar-refractivity contribution in [2.24, 2.45) is 5.92 Å². The Bertz CT molecular complexity index is 637. The average molecular weight is 268 g/mol. The fraction of sp³-hybridized carbons (Fsp3) is 0.250. The molecular formula is C16H16N2O2. The van der Waals surface area contributed by atoms with Crippen molar-refractivity contribution in [1.82, 2.24) is 4.98 Å². The maximum Gasteiger partial charge on any atom is 0.337 e. The van der Waals surface area contributed by atoms with Gasteiger partial charge in [-0.05, 0) is 36.1 Å². The van der Waals surface area contributed by atoms with Gasteiger partial charge in [-0.3, -0.25) is 0 Å². The molecule has 102 valence electrons. The van der Waals surface area contributed by atoms with Crippen molar-refractivity contribution in [3.8, 4) is 0 Å². The van der Waals surface area contributed by atoms with Gasteiger partial charge in [0.2, 0.25) is 0 Å². The van der Waals surface area contributed by atoms with Gasteiger partial charge in [-0.25, -0.2) is 9.78 Å². The van der Waals surface area contributed by atoms with Crippen LogP contribution in [0.5, 0.6) is 0 Å². The molecule has 0 bridgehead atoms. The highest BCUT2D eigenvalue weighted by Gasteiger charge is 2.23. The van der Waals surface area contributed by atoms with Crippen LogP contribution in [0.1, 0.15) is 22.8 Å². The largest absolute Gasteiger partial charge is 0.478 e. The van der Waals surface area contributed by atoms with E-state index in [0.29, 0.717) is 5.92 Å². The molecule has 4 heteroatoms. The Hall–Kier alpha value is -2.36. The summed E-state index contributed by atoms with van der Waals surface area (Å²) in [5.74, 6) is 0.399. The molecule has 0 fully saturated rings. The highest BCUT2D eigenvalue weighted by atomic mass is 16.4. The summed E-state index contributed by atoms with van der Waals surface area (Å²) in [5, 5.41) is 8.93. The topological polar surface area (TPSA) is 53.4 Å². The molecule has 1 aliphatic heterocycles. The molecule has 0 spiro atoms. The molecule has 4 nitrogen and oxygen atoms in total. The Morgan fingerprint density at radius 1 is 1.30 bits per heavy atom. The molecule has 1 aromatic carbocycles. The Labute approximate surface area is 117 Å². The van der Waals surface area contributed by atoms with Crippen molar-refractivity contribution in [1.29, 1.82) is 0 Å². The summed E-state index contributed by atoms with van der Waals surface area (Å²) in [7, 11) is 0. The summed E-state index contributed by atoms with van der Waals surface area (Å²) in [6.07, 6.45) is 2.49. The first-order valence-corrected chi connectivity index (χ1v) is 6.70. The third-order valence-corrected chi connectivity index (χ3v) is 3.62. The number of carbonyl (C=O) groups is 1. The predicted octanol–water partition coefficient (Wildman–Crippen LogP) is 3.11. The molecule has 0 saturated heterocycles. The predicted molar refractivity (Wildman–Crippen MR) is 77.5 cm³/mol. The molecule has 2 aromatic rings. The number of nitrogens with zero attached hydrogens (tertiary/aromatic N) is 2. The zero-order valence-corrected chi connectivity index (χ0v) is 11.3. The lowest BCUT2D eigenvalue weighted by Crippen LogP contribution is -2.30. The summed E-state index contributed by atoms with van der Waals surface area (Å²) in [4.78, 5) is 17.3. The number of anilines is 2. The molecule has 1 unspecified atom stereocenters. The minimum Gasteiger partial charge on any atom is -0.478 e.